The molecule has 0 radical (unpaired) electrons. The summed E-state index contributed by atoms with van der Waals surface area (Å²) < 4.78 is 12.4. The molecule has 0 aliphatic heterocycles. The summed E-state index contributed by atoms with van der Waals surface area (Å²) in [6.45, 7) is 0.510. The number of rotatable bonds is 5. The Morgan fingerprint density at radius 1 is 1.33 bits per heavy atom. The van der Waals surface area contributed by atoms with E-state index in [-0.39, 0.29) is 0 Å². The lowest BCUT2D eigenvalue weighted by Gasteiger charge is -2.16. The smallest absolute Gasteiger partial charge is 0.200 e. The molecule has 1 aromatic carbocycles. The predicted molar refractivity (Wildman–Crippen MR) is 68.2 cm³/mol. The molecule has 0 saturated carbocycles. The van der Waals surface area contributed by atoms with Gasteiger partial charge in [0.15, 0.2) is 0 Å². The fourth-order valence-corrected chi connectivity index (χ4v) is 1.87. The highest BCUT2D eigenvalue weighted by atomic mass is 16.7. The van der Waals surface area contributed by atoms with Gasteiger partial charge in [0.05, 0.1) is 18.2 Å². The standard InChI is InChI=1S/C13H17N3O2/c1-17-13(18-2)12-8-15-9-16(12)11-5-3-4-10(6-11)7-14/h3-6,8-9,13H,7,14H2,1-2H3. The molecule has 5 nitrogen and oxygen atoms in total. The van der Waals surface area contributed by atoms with E-state index in [9.17, 15) is 0 Å². The Labute approximate surface area is 106 Å². The molecule has 5 heteroatoms. The Morgan fingerprint density at radius 3 is 2.78 bits per heavy atom. The molecule has 1 aromatic heterocycles. The van der Waals surface area contributed by atoms with Gasteiger partial charge in [-0.05, 0) is 17.7 Å². The maximum absolute atomic E-state index is 5.65. The van der Waals surface area contributed by atoms with Gasteiger partial charge >= 0.3 is 0 Å². The number of aromatic nitrogens is 2. The average Bonchev–Trinajstić information content (AvgIpc) is 2.90. The SMILES string of the molecule is COC(OC)c1cncn1-c1cccc(CN)c1. The molecule has 0 saturated heterocycles. The van der Waals surface area contributed by atoms with Gasteiger partial charge in [0.25, 0.3) is 0 Å². The summed E-state index contributed by atoms with van der Waals surface area (Å²) in [5, 5.41) is 0. The zero-order chi connectivity index (χ0) is 13.0. The Balaban J connectivity index is 2.41. The van der Waals surface area contributed by atoms with Crippen molar-refractivity contribution in [1.29, 1.82) is 0 Å². The highest BCUT2D eigenvalue weighted by Crippen LogP contribution is 2.21. The number of nitrogens with zero attached hydrogens (tertiary/aromatic N) is 2. The van der Waals surface area contributed by atoms with Gasteiger partial charge in [-0.3, -0.25) is 4.57 Å². The minimum Gasteiger partial charge on any atom is -0.350 e. The molecule has 0 amide bonds. The fraction of sp³-hybridized carbons (Fsp3) is 0.308. The quantitative estimate of drug-likeness (QED) is 0.816. The van der Waals surface area contributed by atoms with E-state index in [2.05, 4.69) is 4.98 Å². The van der Waals surface area contributed by atoms with E-state index in [0.29, 0.717) is 6.54 Å². The van der Waals surface area contributed by atoms with Crippen LogP contribution in [0.1, 0.15) is 17.5 Å². The van der Waals surface area contributed by atoms with Crippen molar-refractivity contribution in [2.75, 3.05) is 14.2 Å². The molecular weight excluding hydrogens is 230 g/mol. The first-order valence-electron chi connectivity index (χ1n) is 5.67. The van der Waals surface area contributed by atoms with Crippen LogP contribution in [0.2, 0.25) is 0 Å². The van der Waals surface area contributed by atoms with Gasteiger partial charge in [-0.1, -0.05) is 12.1 Å². The second kappa shape index (κ2) is 5.77. The maximum atomic E-state index is 5.65. The second-order valence-corrected chi connectivity index (χ2v) is 3.87. The average molecular weight is 247 g/mol. The van der Waals surface area contributed by atoms with Crippen molar-refractivity contribution in [3.8, 4) is 5.69 Å². The number of benzene rings is 1. The van der Waals surface area contributed by atoms with E-state index in [0.717, 1.165) is 16.9 Å². The zero-order valence-electron chi connectivity index (χ0n) is 10.5. The first kappa shape index (κ1) is 12.8. The molecule has 2 N–H and O–H groups in total. The molecule has 18 heavy (non-hydrogen) atoms. The first-order chi connectivity index (χ1) is 8.80. The monoisotopic (exact) mass is 247 g/mol. The van der Waals surface area contributed by atoms with Crippen LogP contribution in [0.4, 0.5) is 0 Å². The molecule has 0 bridgehead atoms. The first-order valence-corrected chi connectivity index (χ1v) is 5.67. The van der Waals surface area contributed by atoms with Crippen molar-refractivity contribution in [1.82, 2.24) is 9.55 Å². The highest BCUT2D eigenvalue weighted by Gasteiger charge is 2.15. The summed E-state index contributed by atoms with van der Waals surface area (Å²) in [5.74, 6) is 0. The van der Waals surface area contributed by atoms with Gasteiger partial charge in [0.2, 0.25) is 6.29 Å². The summed E-state index contributed by atoms with van der Waals surface area (Å²) in [7, 11) is 3.20. The van der Waals surface area contributed by atoms with E-state index >= 15 is 0 Å². The minimum absolute atomic E-state index is 0.436. The van der Waals surface area contributed by atoms with Gasteiger partial charge in [-0.2, -0.15) is 0 Å². The summed E-state index contributed by atoms with van der Waals surface area (Å²) in [6.07, 6.45) is 3.03. The number of imidazole rings is 1. The normalized spacial score (nSPS) is 11.1. The van der Waals surface area contributed by atoms with Crippen LogP contribution >= 0.6 is 0 Å². The van der Waals surface area contributed by atoms with E-state index in [4.69, 9.17) is 15.2 Å². The van der Waals surface area contributed by atoms with Crippen molar-refractivity contribution in [3.63, 3.8) is 0 Å². The minimum atomic E-state index is -0.436. The Kier molecular flexibility index (Phi) is 4.09. The van der Waals surface area contributed by atoms with Crippen LogP contribution in [0.15, 0.2) is 36.8 Å². The van der Waals surface area contributed by atoms with Crippen LogP contribution in [0.5, 0.6) is 0 Å². The van der Waals surface area contributed by atoms with Crippen molar-refractivity contribution in [3.05, 3.63) is 48.0 Å². The number of hydrogen-bond acceptors (Lipinski definition) is 4. The van der Waals surface area contributed by atoms with Crippen LogP contribution in [-0.2, 0) is 16.0 Å². The molecule has 96 valence electrons. The van der Waals surface area contributed by atoms with Crippen LogP contribution in [0.3, 0.4) is 0 Å². The predicted octanol–water partition coefficient (Wildman–Crippen LogP) is 1.62. The number of hydrogen-bond donors (Lipinski definition) is 1. The van der Waals surface area contributed by atoms with Crippen LogP contribution in [0, 0.1) is 0 Å². The van der Waals surface area contributed by atoms with Crippen LogP contribution in [-0.4, -0.2) is 23.8 Å². The Hall–Kier alpha value is -1.69. The number of nitrogens with two attached hydrogens (primary N) is 1. The summed E-state index contributed by atoms with van der Waals surface area (Å²) >= 11 is 0. The number of ether oxygens (including phenoxy) is 2. The fourth-order valence-electron chi connectivity index (χ4n) is 1.87. The second-order valence-electron chi connectivity index (χ2n) is 3.87. The number of methoxy groups -OCH3 is 2. The zero-order valence-corrected chi connectivity index (χ0v) is 10.5. The highest BCUT2D eigenvalue weighted by molar-refractivity contribution is 5.37. The molecule has 0 unspecified atom stereocenters. The van der Waals surface area contributed by atoms with E-state index in [1.165, 1.54) is 0 Å². The molecule has 2 rings (SSSR count). The Morgan fingerprint density at radius 2 is 2.11 bits per heavy atom. The molecule has 0 fully saturated rings. The maximum Gasteiger partial charge on any atom is 0.200 e. The van der Waals surface area contributed by atoms with Crippen LogP contribution < -0.4 is 5.73 Å². The molecule has 1 heterocycles. The third-order valence-corrected chi connectivity index (χ3v) is 2.76. The summed E-state index contributed by atoms with van der Waals surface area (Å²) in [5.41, 5.74) is 8.55. The molecule has 0 aliphatic carbocycles. The topological polar surface area (TPSA) is 62.3 Å². The molecular formula is C13H17N3O2. The summed E-state index contributed by atoms with van der Waals surface area (Å²) in [6, 6.07) is 7.97. The lowest BCUT2D eigenvalue weighted by Crippen LogP contribution is -2.10. The van der Waals surface area contributed by atoms with Gasteiger partial charge in [-0.25, -0.2) is 4.98 Å². The van der Waals surface area contributed by atoms with E-state index in [1.54, 1.807) is 26.7 Å². The van der Waals surface area contributed by atoms with Crippen molar-refractivity contribution in [2.45, 2.75) is 12.8 Å². The molecule has 0 aliphatic rings. The van der Waals surface area contributed by atoms with Crippen molar-refractivity contribution >= 4 is 0 Å². The Bertz CT molecular complexity index is 506. The summed E-state index contributed by atoms with van der Waals surface area (Å²) in [4.78, 5) is 4.14. The largest absolute Gasteiger partial charge is 0.350 e. The molecule has 2 aromatic rings. The van der Waals surface area contributed by atoms with Gasteiger partial charge in [-0.15, -0.1) is 0 Å². The third-order valence-electron chi connectivity index (χ3n) is 2.76. The molecule has 0 spiro atoms. The van der Waals surface area contributed by atoms with Crippen molar-refractivity contribution < 1.29 is 9.47 Å². The van der Waals surface area contributed by atoms with Crippen LogP contribution in [0.25, 0.3) is 5.69 Å². The van der Waals surface area contributed by atoms with Gasteiger partial charge < -0.3 is 15.2 Å². The third kappa shape index (κ3) is 2.43. The van der Waals surface area contributed by atoms with E-state index < -0.39 is 6.29 Å². The lowest BCUT2D eigenvalue weighted by molar-refractivity contribution is -0.109. The lowest BCUT2D eigenvalue weighted by atomic mass is 10.2. The van der Waals surface area contributed by atoms with Gasteiger partial charge in [0.1, 0.15) is 0 Å². The van der Waals surface area contributed by atoms with E-state index in [1.807, 2.05) is 28.8 Å². The van der Waals surface area contributed by atoms with Gasteiger partial charge in [0, 0.05) is 26.5 Å². The van der Waals surface area contributed by atoms with Crippen molar-refractivity contribution in [2.24, 2.45) is 5.73 Å². The molecule has 0 atom stereocenters.